The van der Waals surface area contributed by atoms with Gasteiger partial charge in [0.15, 0.2) is 0 Å². The number of anilines is 1. The van der Waals surface area contributed by atoms with Crippen LogP contribution in [0.2, 0.25) is 5.02 Å². The lowest BCUT2D eigenvalue weighted by Crippen LogP contribution is -2.48. The lowest BCUT2D eigenvalue weighted by molar-refractivity contribution is 0.0730. The molecule has 2 aromatic rings. The molecule has 0 saturated carbocycles. The summed E-state index contributed by atoms with van der Waals surface area (Å²) in [5.74, 6) is -0.139. The van der Waals surface area contributed by atoms with Crippen molar-refractivity contribution in [1.82, 2.24) is 9.21 Å². The molecule has 1 amide bonds. The first-order valence-corrected chi connectivity index (χ1v) is 11.8. The molecule has 2 saturated heterocycles. The molecule has 160 valence electrons. The molecular formula is C21H24ClN3O4S. The SMILES string of the molecule is O=C(c1ccc(S(=O)(=O)N2CCOCC2)c(Cl)c1)N1CCN(c2ccccc2)CC1. The van der Waals surface area contributed by atoms with Crippen LogP contribution in [0, 0.1) is 0 Å². The van der Waals surface area contributed by atoms with E-state index in [0.717, 1.165) is 18.8 Å². The molecule has 0 spiro atoms. The molecule has 0 aliphatic carbocycles. The van der Waals surface area contributed by atoms with Gasteiger partial charge in [0.05, 0.1) is 18.2 Å². The van der Waals surface area contributed by atoms with E-state index in [9.17, 15) is 13.2 Å². The summed E-state index contributed by atoms with van der Waals surface area (Å²) in [5, 5.41) is 0.0651. The van der Waals surface area contributed by atoms with E-state index >= 15 is 0 Å². The molecule has 2 fully saturated rings. The normalized spacial score (nSPS) is 18.4. The van der Waals surface area contributed by atoms with Crippen LogP contribution in [-0.2, 0) is 14.8 Å². The summed E-state index contributed by atoms with van der Waals surface area (Å²) < 4.78 is 32.3. The first-order valence-electron chi connectivity index (χ1n) is 9.93. The van der Waals surface area contributed by atoms with E-state index in [-0.39, 0.29) is 15.8 Å². The topological polar surface area (TPSA) is 70.2 Å². The van der Waals surface area contributed by atoms with Crippen molar-refractivity contribution in [3.05, 3.63) is 59.1 Å². The molecule has 0 N–H and O–H groups in total. The van der Waals surface area contributed by atoms with Crippen LogP contribution < -0.4 is 4.90 Å². The number of hydrogen-bond acceptors (Lipinski definition) is 5. The van der Waals surface area contributed by atoms with E-state index in [1.165, 1.54) is 16.4 Å². The number of rotatable bonds is 4. The number of ether oxygens (including phenoxy) is 1. The zero-order valence-corrected chi connectivity index (χ0v) is 18.1. The van der Waals surface area contributed by atoms with Crippen molar-refractivity contribution in [2.75, 3.05) is 57.4 Å². The van der Waals surface area contributed by atoms with Gasteiger partial charge >= 0.3 is 0 Å². The van der Waals surface area contributed by atoms with Crippen molar-refractivity contribution < 1.29 is 17.9 Å². The van der Waals surface area contributed by atoms with Crippen molar-refractivity contribution in [1.29, 1.82) is 0 Å². The third kappa shape index (κ3) is 4.32. The summed E-state index contributed by atoms with van der Waals surface area (Å²) in [4.78, 5) is 17.0. The van der Waals surface area contributed by atoms with Gasteiger partial charge in [-0.05, 0) is 30.3 Å². The quantitative estimate of drug-likeness (QED) is 0.716. The van der Waals surface area contributed by atoms with Crippen LogP contribution in [0.1, 0.15) is 10.4 Å². The largest absolute Gasteiger partial charge is 0.379 e. The minimum atomic E-state index is -3.71. The maximum Gasteiger partial charge on any atom is 0.254 e. The number of benzene rings is 2. The highest BCUT2D eigenvalue weighted by molar-refractivity contribution is 7.89. The monoisotopic (exact) mass is 449 g/mol. The standard InChI is InChI=1S/C21H24ClN3O4S/c22-19-16-17(6-7-20(19)30(27,28)25-12-14-29-15-13-25)21(26)24-10-8-23(9-11-24)18-4-2-1-3-5-18/h1-7,16H,8-15H2. The van der Waals surface area contributed by atoms with Crippen molar-refractivity contribution >= 4 is 33.2 Å². The zero-order valence-electron chi connectivity index (χ0n) is 16.5. The van der Waals surface area contributed by atoms with Crippen molar-refractivity contribution in [3.8, 4) is 0 Å². The predicted octanol–water partition coefficient (Wildman–Crippen LogP) is 2.32. The van der Waals surface area contributed by atoms with Gasteiger partial charge < -0.3 is 14.5 Å². The maximum atomic E-state index is 12.9. The number of halogens is 1. The Kier molecular flexibility index (Phi) is 6.29. The average molecular weight is 450 g/mol. The molecule has 0 unspecified atom stereocenters. The van der Waals surface area contributed by atoms with Crippen LogP contribution in [-0.4, -0.2) is 76.0 Å². The Labute approximate surface area is 181 Å². The fourth-order valence-corrected chi connectivity index (χ4v) is 5.68. The Balaban J connectivity index is 1.45. The smallest absolute Gasteiger partial charge is 0.254 e. The van der Waals surface area contributed by atoms with Crippen LogP contribution in [0.5, 0.6) is 0 Å². The number of hydrogen-bond donors (Lipinski definition) is 0. The third-order valence-electron chi connectivity index (χ3n) is 5.45. The summed E-state index contributed by atoms with van der Waals surface area (Å²) in [6.45, 7) is 4.00. The van der Waals surface area contributed by atoms with Gasteiger partial charge in [0, 0.05) is 50.5 Å². The molecule has 2 aliphatic rings. The molecule has 9 heteroatoms. The Morgan fingerprint density at radius 3 is 2.20 bits per heavy atom. The van der Waals surface area contributed by atoms with Gasteiger partial charge in [-0.15, -0.1) is 0 Å². The number of para-hydroxylation sites is 1. The summed E-state index contributed by atoms with van der Waals surface area (Å²) in [6, 6.07) is 14.5. The minimum Gasteiger partial charge on any atom is -0.379 e. The summed E-state index contributed by atoms with van der Waals surface area (Å²) in [7, 11) is -3.71. The molecule has 0 aromatic heterocycles. The molecule has 0 radical (unpaired) electrons. The summed E-state index contributed by atoms with van der Waals surface area (Å²) in [6.07, 6.45) is 0. The minimum absolute atomic E-state index is 0.0245. The molecular weight excluding hydrogens is 426 g/mol. The second-order valence-corrected chi connectivity index (χ2v) is 9.59. The number of carbonyl (C=O) groups is 1. The first-order chi connectivity index (χ1) is 14.5. The molecule has 2 aromatic carbocycles. The van der Waals surface area contributed by atoms with Crippen molar-refractivity contribution in [2.24, 2.45) is 0 Å². The highest BCUT2D eigenvalue weighted by Gasteiger charge is 2.29. The van der Waals surface area contributed by atoms with Gasteiger partial charge in [-0.25, -0.2) is 8.42 Å². The van der Waals surface area contributed by atoms with Crippen LogP contribution in [0.25, 0.3) is 0 Å². The molecule has 2 aliphatic heterocycles. The third-order valence-corrected chi connectivity index (χ3v) is 7.84. The predicted molar refractivity (Wildman–Crippen MR) is 116 cm³/mol. The zero-order chi connectivity index (χ0) is 21.1. The Morgan fingerprint density at radius 2 is 1.57 bits per heavy atom. The van der Waals surface area contributed by atoms with Crippen LogP contribution >= 0.6 is 11.6 Å². The lowest BCUT2D eigenvalue weighted by Gasteiger charge is -2.36. The average Bonchev–Trinajstić information content (AvgIpc) is 2.79. The second-order valence-electron chi connectivity index (χ2n) is 7.28. The van der Waals surface area contributed by atoms with Crippen molar-refractivity contribution in [2.45, 2.75) is 4.90 Å². The maximum absolute atomic E-state index is 12.9. The number of nitrogens with zero attached hydrogens (tertiary/aromatic N) is 3. The first kappa shape index (κ1) is 21.1. The fraction of sp³-hybridized carbons (Fsp3) is 0.381. The van der Waals surface area contributed by atoms with Gasteiger partial charge in [0.1, 0.15) is 4.90 Å². The van der Waals surface area contributed by atoms with Crippen LogP contribution in [0.4, 0.5) is 5.69 Å². The molecule has 0 atom stereocenters. The molecule has 30 heavy (non-hydrogen) atoms. The molecule has 7 nitrogen and oxygen atoms in total. The Bertz CT molecular complexity index is 1000. The van der Waals surface area contributed by atoms with Crippen LogP contribution in [0.15, 0.2) is 53.4 Å². The lowest BCUT2D eigenvalue weighted by atomic mass is 10.1. The van der Waals surface area contributed by atoms with E-state index in [0.29, 0.717) is 45.0 Å². The number of carbonyl (C=O) groups excluding carboxylic acids is 1. The molecule has 2 heterocycles. The van der Waals surface area contributed by atoms with E-state index in [2.05, 4.69) is 17.0 Å². The highest BCUT2D eigenvalue weighted by atomic mass is 35.5. The Morgan fingerprint density at radius 1 is 0.900 bits per heavy atom. The Hall–Kier alpha value is -2.13. The summed E-state index contributed by atoms with van der Waals surface area (Å²) in [5.41, 5.74) is 1.54. The van der Waals surface area contributed by atoms with Crippen molar-refractivity contribution in [3.63, 3.8) is 0 Å². The van der Waals surface area contributed by atoms with E-state index in [1.807, 2.05) is 18.2 Å². The highest BCUT2D eigenvalue weighted by Crippen LogP contribution is 2.27. The van der Waals surface area contributed by atoms with Gasteiger partial charge in [-0.1, -0.05) is 29.8 Å². The van der Waals surface area contributed by atoms with E-state index in [4.69, 9.17) is 16.3 Å². The van der Waals surface area contributed by atoms with Crippen LogP contribution in [0.3, 0.4) is 0 Å². The van der Waals surface area contributed by atoms with Gasteiger partial charge in [0.2, 0.25) is 10.0 Å². The molecule has 4 rings (SSSR count). The van der Waals surface area contributed by atoms with Gasteiger partial charge in [-0.3, -0.25) is 4.79 Å². The number of morpholine rings is 1. The number of sulfonamides is 1. The molecule has 0 bridgehead atoms. The summed E-state index contributed by atoms with van der Waals surface area (Å²) >= 11 is 6.30. The van der Waals surface area contributed by atoms with E-state index in [1.54, 1.807) is 11.0 Å². The number of piperazine rings is 1. The second kappa shape index (κ2) is 8.93. The fourth-order valence-electron chi connectivity index (χ4n) is 3.76. The van der Waals surface area contributed by atoms with Gasteiger partial charge in [-0.2, -0.15) is 4.31 Å². The van der Waals surface area contributed by atoms with E-state index < -0.39 is 10.0 Å². The number of amides is 1. The van der Waals surface area contributed by atoms with Gasteiger partial charge in [0.25, 0.3) is 5.91 Å².